The van der Waals surface area contributed by atoms with Gasteiger partial charge >= 0.3 is 0 Å². The molecule has 0 unspecified atom stereocenters. The molecule has 1 aliphatic heterocycles. The van der Waals surface area contributed by atoms with Crippen LogP contribution in [-0.4, -0.2) is 29.0 Å². The van der Waals surface area contributed by atoms with Crippen LogP contribution in [0.25, 0.3) is 61.3 Å². The van der Waals surface area contributed by atoms with E-state index in [-0.39, 0.29) is 17.6 Å². The van der Waals surface area contributed by atoms with Gasteiger partial charge in [-0.25, -0.2) is 0 Å². The number of amides is 2. The first-order valence-electron chi connectivity index (χ1n) is 26.2. The molecule has 6 aromatic heterocycles. The minimum atomic E-state index is -0.179. The van der Waals surface area contributed by atoms with Crippen LogP contribution < -0.4 is 10.4 Å². The van der Waals surface area contributed by atoms with Gasteiger partial charge in [-0.1, -0.05) is 104 Å². The van der Waals surface area contributed by atoms with E-state index in [9.17, 15) is 9.59 Å². The molecule has 10 rings (SSSR count). The maximum absolute atomic E-state index is 16.2. The van der Waals surface area contributed by atoms with E-state index in [1.807, 2.05) is 58.3 Å². The van der Waals surface area contributed by atoms with Crippen molar-refractivity contribution < 1.29 is 14.4 Å². The van der Waals surface area contributed by atoms with Crippen molar-refractivity contribution in [2.24, 2.45) is 0 Å². The molecule has 4 nitrogen and oxygen atoms in total. The normalized spacial score (nSPS) is 13.7. The maximum Gasteiger partial charge on any atom is 0.262 e. The molecule has 10 heteroatoms. The number of benzene rings is 2. The topological polar surface area (TPSA) is 54.5 Å². The fraction of sp³-hybridized carbons (Fsp3) is 0.393. The van der Waals surface area contributed by atoms with Crippen LogP contribution in [0.5, 0.6) is 0 Å². The third kappa shape index (κ3) is 9.60. The van der Waals surface area contributed by atoms with Crippen molar-refractivity contribution in [2.45, 2.75) is 151 Å². The third-order valence-electron chi connectivity index (χ3n) is 14.6. The molecule has 2 amide bonds. The standard InChI is InChI=1S/C61H65NO3S6/c1-8-11-14-17-18-21-30-62-60(64)50-35(4)24-27-41(51(50)61(62)65)57-40(23-20-16-13-10-3)32-49(71-57)53-55-54(52(56(53)63)48-31-39(38(7)68-48)22-19-15-12-9-2)58-42(33-46(69-58)44-28-25-36(5)66-44)43-34-47(70-59(43)55)45-29-26-37(6)67-45/h24-29,31-34H,8-23,30H2,1-7H3. The van der Waals surface area contributed by atoms with E-state index in [4.69, 9.17) is 0 Å². The van der Waals surface area contributed by atoms with Gasteiger partial charge in [0, 0.05) is 103 Å². The fourth-order valence-electron chi connectivity index (χ4n) is 10.8. The zero-order valence-corrected chi connectivity index (χ0v) is 47.3. The number of fused-ring (bicyclic) bond motifs is 7. The zero-order chi connectivity index (χ0) is 49.5. The lowest BCUT2D eigenvalue weighted by atomic mass is 9.94. The number of aryl methyl sites for hydroxylation is 6. The number of hydrogen-bond acceptors (Lipinski definition) is 9. The molecule has 1 aliphatic carbocycles. The van der Waals surface area contributed by atoms with Crippen molar-refractivity contribution in [1.82, 2.24) is 4.90 Å². The first-order chi connectivity index (χ1) is 34.5. The summed E-state index contributed by atoms with van der Waals surface area (Å²) in [5, 5.41) is 4.55. The quantitative estimate of drug-likeness (QED) is 0.0502. The van der Waals surface area contributed by atoms with Crippen LogP contribution in [0.1, 0.15) is 172 Å². The number of carbonyl (C=O) groups excluding carboxylic acids is 3. The monoisotopic (exact) mass is 1050 g/mol. The smallest absolute Gasteiger partial charge is 0.262 e. The molecule has 2 aromatic carbocycles. The summed E-state index contributed by atoms with van der Waals surface area (Å²) < 4.78 is 2.34. The van der Waals surface area contributed by atoms with Gasteiger partial charge < -0.3 is 0 Å². The summed E-state index contributed by atoms with van der Waals surface area (Å²) in [5.74, 6) is -0.258. The van der Waals surface area contributed by atoms with E-state index in [1.165, 1.54) is 98.6 Å². The molecule has 7 heterocycles. The number of unbranched alkanes of at least 4 members (excludes halogenated alkanes) is 11. The highest BCUT2D eigenvalue weighted by atomic mass is 32.1. The van der Waals surface area contributed by atoms with Gasteiger partial charge in [-0.2, -0.15) is 0 Å². The molecule has 0 radical (unpaired) electrons. The molecule has 2 aliphatic rings. The Kier molecular flexibility index (Phi) is 15.3. The predicted molar refractivity (Wildman–Crippen MR) is 311 cm³/mol. The summed E-state index contributed by atoms with van der Waals surface area (Å²) in [6.45, 7) is 15.7. The Morgan fingerprint density at radius 1 is 0.451 bits per heavy atom. The largest absolute Gasteiger partial charge is 0.288 e. The zero-order valence-electron chi connectivity index (χ0n) is 42.4. The van der Waals surface area contributed by atoms with Crippen LogP contribution in [0, 0.1) is 27.7 Å². The molecule has 71 heavy (non-hydrogen) atoms. The van der Waals surface area contributed by atoms with Crippen LogP contribution in [0.3, 0.4) is 0 Å². The summed E-state index contributed by atoms with van der Waals surface area (Å²) in [4.78, 5) is 58.5. The molecule has 0 spiro atoms. The lowest BCUT2D eigenvalue weighted by Gasteiger charge is -2.14. The number of Topliss-reactive ketones (excluding diaryl/α,β-unsaturated/α-hetero) is 1. The summed E-state index contributed by atoms with van der Waals surface area (Å²) in [6, 6.07) is 22.5. The average molecular weight is 1050 g/mol. The SMILES string of the molecule is CCCCCCCCN1C(=O)c2c(C)ccc(-c3sc(C4=c5c(c6sc(-c7ccc(C)s7)cc6c6cc(-c7ccc(C)s7)sc56)=C(c5cc(CCCCCC)c(C)s5)C4=O)cc3CCCCCC)c2C1=O. The van der Waals surface area contributed by atoms with E-state index in [0.29, 0.717) is 17.7 Å². The van der Waals surface area contributed by atoms with Crippen LogP contribution in [0.15, 0.2) is 60.7 Å². The molecule has 8 aromatic rings. The van der Waals surface area contributed by atoms with Crippen molar-refractivity contribution in [3.8, 4) is 29.9 Å². The molecule has 0 saturated heterocycles. The van der Waals surface area contributed by atoms with Crippen LogP contribution in [0.2, 0.25) is 0 Å². The second kappa shape index (κ2) is 21.7. The first-order valence-corrected chi connectivity index (χ1v) is 31.1. The molecule has 0 atom stereocenters. The lowest BCUT2D eigenvalue weighted by molar-refractivity contribution is -0.108. The van der Waals surface area contributed by atoms with E-state index < -0.39 is 0 Å². The van der Waals surface area contributed by atoms with E-state index in [1.54, 1.807) is 22.7 Å². The Bertz CT molecular complexity index is 3470. The van der Waals surface area contributed by atoms with E-state index in [0.717, 1.165) is 122 Å². The van der Waals surface area contributed by atoms with Gasteiger partial charge in [0.1, 0.15) is 0 Å². The van der Waals surface area contributed by atoms with Gasteiger partial charge in [0.2, 0.25) is 0 Å². The Balaban J connectivity index is 1.21. The lowest BCUT2D eigenvalue weighted by Crippen LogP contribution is -2.30. The van der Waals surface area contributed by atoms with Crippen molar-refractivity contribution in [2.75, 3.05) is 6.54 Å². The number of nitrogens with zero attached hydrogens (tertiary/aromatic N) is 1. The van der Waals surface area contributed by atoms with Crippen molar-refractivity contribution >= 4 is 117 Å². The van der Waals surface area contributed by atoms with Gasteiger partial charge in [-0.3, -0.25) is 19.3 Å². The summed E-state index contributed by atoms with van der Waals surface area (Å²) >= 11 is 10.7. The van der Waals surface area contributed by atoms with Gasteiger partial charge in [0.05, 0.1) is 11.1 Å². The maximum atomic E-state index is 16.2. The molecule has 368 valence electrons. The highest BCUT2D eigenvalue weighted by molar-refractivity contribution is 7.28. The molecule has 0 saturated carbocycles. The number of rotatable bonds is 22. The Morgan fingerprint density at radius 2 is 0.958 bits per heavy atom. The van der Waals surface area contributed by atoms with Crippen LogP contribution in [-0.2, 0) is 17.6 Å². The van der Waals surface area contributed by atoms with Crippen LogP contribution >= 0.6 is 68.0 Å². The fourth-order valence-corrected chi connectivity index (χ4v) is 17.6. The Labute approximate surface area is 443 Å². The van der Waals surface area contributed by atoms with E-state index in [2.05, 4.69) is 96.1 Å². The molecule has 0 bridgehead atoms. The van der Waals surface area contributed by atoms with Gasteiger partial charge in [-0.05, 0) is 125 Å². The summed E-state index contributed by atoms with van der Waals surface area (Å²) in [5.41, 5.74) is 6.86. The average Bonchev–Trinajstić information content (AvgIpc) is 4.23. The first kappa shape index (κ1) is 50.3. The molecular weight excluding hydrogens is 987 g/mol. The minimum absolute atomic E-state index is 0.0900. The molecule has 0 fully saturated rings. The van der Waals surface area contributed by atoms with Crippen molar-refractivity contribution in [1.29, 1.82) is 0 Å². The minimum Gasteiger partial charge on any atom is -0.288 e. The van der Waals surface area contributed by atoms with Crippen LogP contribution in [0.4, 0.5) is 0 Å². The summed E-state index contributed by atoms with van der Waals surface area (Å²) in [7, 11) is 0. The molecular formula is C61H65NO3S6. The number of hydrogen-bond donors (Lipinski definition) is 0. The number of imide groups is 1. The van der Waals surface area contributed by atoms with Crippen molar-refractivity contribution in [3.63, 3.8) is 0 Å². The third-order valence-corrected chi connectivity index (χ3v) is 21.6. The Hall–Kier alpha value is -4.29. The number of carbonyl (C=O) groups is 3. The number of thiophene rings is 6. The second-order valence-electron chi connectivity index (χ2n) is 19.8. The highest BCUT2D eigenvalue weighted by Crippen LogP contribution is 2.47. The van der Waals surface area contributed by atoms with Gasteiger partial charge in [-0.15, -0.1) is 68.0 Å². The Morgan fingerprint density at radius 3 is 1.52 bits per heavy atom. The van der Waals surface area contributed by atoms with E-state index >= 15 is 4.79 Å². The van der Waals surface area contributed by atoms with Gasteiger partial charge in [0.15, 0.2) is 5.78 Å². The number of ketones is 1. The second-order valence-corrected chi connectivity index (χ2v) is 26.8. The predicted octanol–water partition coefficient (Wildman–Crippen LogP) is 17.8. The molecule has 0 N–H and O–H groups in total. The van der Waals surface area contributed by atoms with Crippen molar-refractivity contribution in [3.05, 3.63) is 123 Å². The van der Waals surface area contributed by atoms with Gasteiger partial charge in [0.25, 0.3) is 11.8 Å². The highest BCUT2D eigenvalue weighted by Gasteiger charge is 2.40. The summed E-state index contributed by atoms with van der Waals surface area (Å²) in [6.07, 6.45) is 17.6.